The van der Waals surface area contributed by atoms with Gasteiger partial charge in [-0.2, -0.15) is 0 Å². The first-order valence-corrected chi connectivity index (χ1v) is 7.87. The molecule has 1 fully saturated rings. The predicted octanol–water partition coefficient (Wildman–Crippen LogP) is 2.32. The Morgan fingerprint density at radius 1 is 1.27 bits per heavy atom. The smallest absolute Gasteiger partial charge is 0.0263 e. The molecule has 1 aliphatic carbocycles. The van der Waals surface area contributed by atoms with Crippen LogP contribution in [-0.2, 0) is 10.8 Å². The third-order valence-corrected chi connectivity index (χ3v) is 4.64. The van der Waals surface area contributed by atoms with E-state index in [0.717, 1.165) is 36.9 Å². The molecule has 0 aromatic rings. The van der Waals surface area contributed by atoms with Crippen LogP contribution in [0.15, 0.2) is 0 Å². The number of hydrogen-bond acceptors (Lipinski definition) is 2. The van der Waals surface area contributed by atoms with E-state index in [2.05, 4.69) is 12.2 Å². The molecule has 0 saturated heterocycles. The second-order valence-electron chi connectivity index (χ2n) is 4.56. The topological polar surface area (TPSA) is 29.1 Å². The van der Waals surface area contributed by atoms with E-state index in [1.165, 1.54) is 32.1 Å². The highest BCUT2D eigenvalue weighted by molar-refractivity contribution is 7.84. The maximum Gasteiger partial charge on any atom is 0.0263 e. The van der Waals surface area contributed by atoms with Gasteiger partial charge in [0.2, 0.25) is 0 Å². The Bertz CT molecular complexity index is 178. The Morgan fingerprint density at radius 2 is 2.00 bits per heavy atom. The van der Waals surface area contributed by atoms with Crippen LogP contribution in [0.1, 0.15) is 45.4 Å². The van der Waals surface area contributed by atoms with Crippen molar-refractivity contribution in [3.8, 4) is 0 Å². The molecule has 0 heterocycles. The molecular weight excluding hydrogens is 206 g/mol. The zero-order valence-corrected chi connectivity index (χ0v) is 10.8. The second-order valence-corrected chi connectivity index (χ2v) is 6.19. The van der Waals surface area contributed by atoms with Crippen LogP contribution in [0.5, 0.6) is 0 Å². The SMILES string of the molecule is CCCNCCCS(=O)CC1CCCC1. The first kappa shape index (κ1) is 13.2. The summed E-state index contributed by atoms with van der Waals surface area (Å²) in [7, 11) is -0.555. The van der Waals surface area contributed by atoms with Crippen LogP contribution in [0.3, 0.4) is 0 Å². The van der Waals surface area contributed by atoms with E-state index in [9.17, 15) is 4.21 Å². The lowest BCUT2D eigenvalue weighted by Gasteiger charge is -2.08. The van der Waals surface area contributed by atoms with Gasteiger partial charge >= 0.3 is 0 Å². The summed E-state index contributed by atoms with van der Waals surface area (Å²) in [6.07, 6.45) is 7.62. The van der Waals surface area contributed by atoms with Crippen molar-refractivity contribution in [1.82, 2.24) is 5.32 Å². The summed E-state index contributed by atoms with van der Waals surface area (Å²) < 4.78 is 11.7. The molecule has 0 radical (unpaired) electrons. The first-order chi connectivity index (χ1) is 7.33. The molecule has 1 aliphatic rings. The fraction of sp³-hybridized carbons (Fsp3) is 1.00. The van der Waals surface area contributed by atoms with Crippen LogP contribution in [0.2, 0.25) is 0 Å². The maximum absolute atomic E-state index is 11.7. The van der Waals surface area contributed by atoms with E-state index >= 15 is 0 Å². The van der Waals surface area contributed by atoms with Gasteiger partial charge in [0, 0.05) is 22.3 Å². The van der Waals surface area contributed by atoms with Gasteiger partial charge in [0.25, 0.3) is 0 Å². The maximum atomic E-state index is 11.7. The monoisotopic (exact) mass is 231 g/mol. The van der Waals surface area contributed by atoms with E-state index < -0.39 is 10.8 Å². The molecule has 3 heteroatoms. The normalized spacial score (nSPS) is 19.5. The summed E-state index contributed by atoms with van der Waals surface area (Å²) in [5.74, 6) is 2.63. The molecule has 0 aromatic carbocycles. The average Bonchev–Trinajstić information content (AvgIpc) is 2.70. The van der Waals surface area contributed by atoms with Crippen molar-refractivity contribution < 1.29 is 4.21 Å². The van der Waals surface area contributed by atoms with Crippen LogP contribution in [0, 0.1) is 5.92 Å². The molecule has 2 nitrogen and oxygen atoms in total. The van der Waals surface area contributed by atoms with Crippen LogP contribution < -0.4 is 5.32 Å². The molecule has 0 aromatic heterocycles. The summed E-state index contributed by atoms with van der Waals surface area (Å²) in [6.45, 7) is 4.30. The first-order valence-electron chi connectivity index (χ1n) is 6.38. The van der Waals surface area contributed by atoms with Crippen LogP contribution in [-0.4, -0.2) is 28.8 Å². The van der Waals surface area contributed by atoms with E-state index in [1.54, 1.807) is 0 Å². The Hall–Kier alpha value is 0.110. The molecule has 0 aliphatic heterocycles. The predicted molar refractivity (Wildman–Crippen MR) is 67.6 cm³/mol. The van der Waals surface area contributed by atoms with E-state index in [1.807, 2.05) is 0 Å². The fourth-order valence-corrected chi connectivity index (χ4v) is 3.68. The van der Waals surface area contributed by atoms with Crippen molar-refractivity contribution in [2.75, 3.05) is 24.6 Å². The lowest BCUT2D eigenvalue weighted by Crippen LogP contribution is -2.19. The summed E-state index contributed by atoms with van der Waals surface area (Å²) in [4.78, 5) is 0. The molecule has 1 unspecified atom stereocenters. The van der Waals surface area contributed by atoms with Gasteiger partial charge in [-0.1, -0.05) is 19.8 Å². The molecule has 0 amide bonds. The largest absolute Gasteiger partial charge is 0.317 e. The minimum atomic E-state index is -0.555. The van der Waals surface area contributed by atoms with Gasteiger partial charge in [0.05, 0.1) is 0 Å². The van der Waals surface area contributed by atoms with Gasteiger partial charge < -0.3 is 5.32 Å². The van der Waals surface area contributed by atoms with Crippen molar-refractivity contribution >= 4 is 10.8 Å². The highest BCUT2D eigenvalue weighted by Crippen LogP contribution is 2.25. The second kappa shape index (κ2) is 8.28. The third kappa shape index (κ3) is 6.31. The molecule has 15 heavy (non-hydrogen) atoms. The standard InChI is InChI=1S/C12H25NOS/c1-2-8-13-9-5-10-15(14)11-12-6-3-4-7-12/h12-13H,2-11H2,1H3. The Kier molecular flexibility index (Phi) is 7.28. The van der Waals surface area contributed by atoms with Crippen LogP contribution in [0.4, 0.5) is 0 Å². The number of hydrogen-bond donors (Lipinski definition) is 1. The lowest BCUT2D eigenvalue weighted by molar-refractivity contribution is 0.601. The van der Waals surface area contributed by atoms with E-state index in [0.29, 0.717) is 0 Å². The Morgan fingerprint density at radius 3 is 2.67 bits per heavy atom. The van der Waals surface area contributed by atoms with Gasteiger partial charge in [0.1, 0.15) is 0 Å². The molecular formula is C12H25NOS. The van der Waals surface area contributed by atoms with Crippen molar-refractivity contribution in [3.63, 3.8) is 0 Å². The lowest BCUT2D eigenvalue weighted by atomic mass is 10.1. The van der Waals surface area contributed by atoms with Crippen molar-refractivity contribution in [3.05, 3.63) is 0 Å². The van der Waals surface area contributed by atoms with Gasteiger partial charge in [-0.05, 0) is 44.7 Å². The van der Waals surface area contributed by atoms with Gasteiger partial charge in [0.15, 0.2) is 0 Å². The highest BCUT2D eigenvalue weighted by atomic mass is 32.2. The van der Waals surface area contributed by atoms with Gasteiger partial charge in [-0.25, -0.2) is 0 Å². The van der Waals surface area contributed by atoms with E-state index in [4.69, 9.17) is 0 Å². The van der Waals surface area contributed by atoms with Crippen molar-refractivity contribution in [1.29, 1.82) is 0 Å². The summed E-state index contributed by atoms with van der Waals surface area (Å²) in [5.41, 5.74) is 0. The van der Waals surface area contributed by atoms with Gasteiger partial charge in [-0.15, -0.1) is 0 Å². The number of nitrogens with one attached hydrogen (secondary N) is 1. The molecule has 0 bridgehead atoms. The Balaban J connectivity index is 1.93. The molecule has 1 N–H and O–H groups in total. The van der Waals surface area contributed by atoms with Gasteiger partial charge in [-0.3, -0.25) is 4.21 Å². The molecule has 0 spiro atoms. The van der Waals surface area contributed by atoms with E-state index in [-0.39, 0.29) is 0 Å². The molecule has 1 rings (SSSR count). The molecule has 1 saturated carbocycles. The average molecular weight is 231 g/mol. The van der Waals surface area contributed by atoms with Crippen molar-refractivity contribution in [2.24, 2.45) is 5.92 Å². The van der Waals surface area contributed by atoms with Crippen LogP contribution >= 0.6 is 0 Å². The third-order valence-electron chi connectivity index (χ3n) is 3.05. The Labute approximate surface area is 96.7 Å². The fourth-order valence-electron chi connectivity index (χ4n) is 2.18. The zero-order valence-electron chi connectivity index (χ0n) is 9.96. The summed E-state index contributed by atoms with van der Waals surface area (Å²) >= 11 is 0. The van der Waals surface area contributed by atoms with Crippen LogP contribution in [0.25, 0.3) is 0 Å². The minimum absolute atomic E-state index is 0.555. The summed E-state index contributed by atoms with van der Waals surface area (Å²) in [6, 6.07) is 0. The zero-order chi connectivity index (χ0) is 10.9. The minimum Gasteiger partial charge on any atom is -0.317 e. The number of rotatable bonds is 8. The highest BCUT2D eigenvalue weighted by Gasteiger charge is 2.17. The van der Waals surface area contributed by atoms with Crippen molar-refractivity contribution in [2.45, 2.75) is 45.4 Å². The molecule has 90 valence electrons. The quantitative estimate of drug-likeness (QED) is 0.650. The molecule has 1 atom stereocenters. The summed E-state index contributed by atoms with van der Waals surface area (Å²) in [5, 5.41) is 3.35.